The lowest BCUT2D eigenvalue weighted by molar-refractivity contribution is -0.137. The van der Waals surface area contributed by atoms with Crippen LogP contribution in [0, 0.1) is 0 Å². The highest BCUT2D eigenvalue weighted by Crippen LogP contribution is 2.32. The molecule has 0 saturated carbocycles. The largest absolute Gasteiger partial charge is 0.492 e. The second kappa shape index (κ2) is 11.4. The minimum Gasteiger partial charge on any atom is -0.492 e. The number of rotatable bonds is 8. The lowest BCUT2D eigenvalue weighted by Gasteiger charge is -2.19. The molecule has 0 bridgehead atoms. The van der Waals surface area contributed by atoms with E-state index in [4.69, 9.17) is 14.6 Å². The van der Waals surface area contributed by atoms with Gasteiger partial charge in [-0.2, -0.15) is 13.2 Å². The van der Waals surface area contributed by atoms with Crippen molar-refractivity contribution in [1.29, 1.82) is 0 Å². The summed E-state index contributed by atoms with van der Waals surface area (Å²) in [4.78, 5) is 22.4. The quantitative estimate of drug-likeness (QED) is 0.290. The van der Waals surface area contributed by atoms with Crippen molar-refractivity contribution < 1.29 is 37.3 Å². The molecule has 0 heterocycles. The maximum atomic E-state index is 12.9. The zero-order valence-electron chi connectivity index (χ0n) is 19.0. The summed E-state index contributed by atoms with van der Waals surface area (Å²) in [6, 6.07) is 11.3. The van der Waals surface area contributed by atoms with Gasteiger partial charge in [0.05, 0.1) is 12.1 Å². The van der Waals surface area contributed by atoms with E-state index in [9.17, 15) is 22.8 Å². The van der Waals surface area contributed by atoms with Gasteiger partial charge < -0.3 is 19.9 Å². The fourth-order valence-corrected chi connectivity index (χ4v) is 2.79. The molecule has 0 fully saturated rings. The number of benzene rings is 2. The van der Waals surface area contributed by atoms with Crippen LogP contribution in [0.3, 0.4) is 0 Å². The minimum atomic E-state index is -4.46. The molecule has 1 amide bonds. The number of allylic oxidation sites excluding steroid dienone is 2. The molecule has 9 heteroatoms. The smallest absolute Gasteiger partial charge is 0.416 e. The number of carboxylic acid groups (broad SMARTS) is 1. The Balaban J connectivity index is 2.11. The van der Waals surface area contributed by atoms with Crippen LogP contribution in [-0.2, 0) is 15.7 Å². The average Bonchev–Trinajstić information content (AvgIpc) is 2.73. The summed E-state index contributed by atoms with van der Waals surface area (Å²) in [5.74, 6) is -0.630. The fraction of sp³-hybridized carbons (Fsp3) is 0.280. The Morgan fingerprint density at radius 2 is 1.53 bits per heavy atom. The van der Waals surface area contributed by atoms with Crippen LogP contribution in [0.1, 0.15) is 37.5 Å². The Labute approximate surface area is 195 Å². The Kier molecular flexibility index (Phi) is 8.89. The van der Waals surface area contributed by atoms with Crippen LogP contribution in [-0.4, -0.2) is 35.9 Å². The molecule has 0 spiro atoms. The summed E-state index contributed by atoms with van der Waals surface area (Å²) in [5, 5.41) is 11.4. The van der Waals surface area contributed by atoms with E-state index >= 15 is 0 Å². The number of alkyl halides is 3. The molecule has 0 aromatic heterocycles. The predicted molar refractivity (Wildman–Crippen MR) is 121 cm³/mol. The molecule has 0 saturated heterocycles. The Morgan fingerprint density at radius 1 is 0.971 bits per heavy atom. The number of carboxylic acids is 1. The van der Waals surface area contributed by atoms with Crippen LogP contribution >= 0.6 is 0 Å². The maximum Gasteiger partial charge on any atom is 0.416 e. The third kappa shape index (κ3) is 9.01. The number of nitrogens with one attached hydrogen (secondary N) is 1. The van der Waals surface area contributed by atoms with Crippen molar-refractivity contribution in [3.8, 4) is 5.75 Å². The Morgan fingerprint density at radius 3 is 2.03 bits per heavy atom. The first-order valence-corrected chi connectivity index (χ1v) is 10.3. The molecule has 2 rings (SSSR count). The monoisotopic (exact) mass is 477 g/mol. The third-order valence-corrected chi connectivity index (χ3v) is 4.23. The van der Waals surface area contributed by atoms with Crippen molar-refractivity contribution in [2.24, 2.45) is 0 Å². The highest BCUT2D eigenvalue weighted by Gasteiger charge is 2.30. The van der Waals surface area contributed by atoms with E-state index in [1.54, 1.807) is 45.0 Å². The zero-order valence-corrected chi connectivity index (χ0v) is 19.0. The molecule has 34 heavy (non-hydrogen) atoms. The number of aliphatic carboxylic acids is 1. The van der Waals surface area contributed by atoms with Crippen molar-refractivity contribution in [3.63, 3.8) is 0 Å². The number of halogens is 3. The van der Waals surface area contributed by atoms with Crippen LogP contribution in [0.4, 0.5) is 18.0 Å². The first-order valence-electron chi connectivity index (χ1n) is 10.3. The summed E-state index contributed by atoms with van der Waals surface area (Å²) < 4.78 is 49.4. The van der Waals surface area contributed by atoms with Gasteiger partial charge in [-0.3, -0.25) is 0 Å². The van der Waals surface area contributed by atoms with Gasteiger partial charge in [0.1, 0.15) is 18.0 Å². The molecule has 0 unspecified atom stereocenters. The van der Waals surface area contributed by atoms with E-state index in [0.29, 0.717) is 22.4 Å². The van der Waals surface area contributed by atoms with Gasteiger partial charge in [-0.1, -0.05) is 36.4 Å². The molecule has 6 nitrogen and oxygen atoms in total. The van der Waals surface area contributed by atoms with Crippen LogP contribution in [0.2, 0.25) is 0 Å². The number of hydrogen-bond donors (Lipinski definition) is 2. The molecule has 0 aliphatic rings. The van der Waals surface area contributed by atoms with E-state index in [1.165, 1.54) is 24.3 Å². The Bertz CT molecular complexity index is 1030. The Hall–Kier alpha value is -3.75. The van der Waals surface area contributed by atoms with E-state index in [1.807, 2.05) is 0 Å². The first kappa shape index (κ1) is 26.5. The second-order valence-corrected chi connectivity index (χ2v) is 8.15. The number of hydrogen-bond acceptors (Lipinski definition) is 4. The van der Waals surface area contributed by atoms with Crippen LogP contribution < -0.4 is 10.1 Å². The van der Waals surface area contributed by atoms with Crippen molar-refractivity contribution in [2.75, 3.05) is 13.2 Å². The number of amides is 1. The molecule has 2 N–H and O–H groups in total. The van der Waals surface area contributed by atoms with Gasteiger partial charge in [0.15, 0.2) is 0 Å². The zero-order chi connectivity index (χ0) is 25.4. The van der Waals surface area contributed by atoms with E-state index in [-0.39, 0.29) is 13.2 Å². The van der Waals surface area contributed by atoms with Crippen molar-refractivity contribution in [2.45, 2.75) is 32.5 Å². The molecule has 0 radical (unpaired) electrons. The maximum absolute atomic E-state index is 12.9. The van der Waals surface area contributed by atoms with Crippen molar-refractivity contribution in [1.82, 2.24) is 5.32 Å². The third-order valence-electron chi connectivity index (χ3n) is 4.23. The standard InChI is InChI=1S/C25H26F3NO5/c1-24(2,3)34-23(32)29-15-16-33-20-13-9-18(10-14-20)21(5-4-6-22(30)31)17-7-11-19(12-8-17)25(26,27)28/h4-14H,15-16H2,1-3H3,(H,29,32)(H,30,31)/b6-4+,21-5+. The van der Waals surface area contributed by atoms with Crippen molar-refractivity contribution in [3.05, 3.63) is 83.4 Å². The number of ether oxygens (including phenoxy) is 2. The normalized spacial score (nSPS) is 12.5. The SMILES string of the molecule is CC(C)(C)OC(=O)NCCOc1ccc(/C(=C/C=C/C(=O)O)c2ccc(C(F)(F)F)cc2)cc1. The topological polar surface area (TPSA) is 84.9 Å². The number of carbonyl (C=O) groups is 2. The van der Waals surface area contributed by atoms with Gasteiger partial charge in [0, 0.05) is 6.08 Å². The molecular weight excluding hydrogens is 451 g/mol. The molecular formula is C25H26F3NO5. The molecule has 0 aliphatic heterocycles. The molecule has 0 aliphatic carbocycles. The second-order valence-electron chi connectivity index (χ2n) is 8.15. The van der Waals surface area contributed by atoms with Crippen LogP contribution in [0.15, 0.2) is 66.8 Å². The van der Waals surface area contributed by atoms with E-state index < -0.39 is 29.4 Å². The van der Waals surface area contributed by atoms with Gasteiger partial charge >= 0.3 is 18.2 Å². The van der Waals surface area contributed by atoms with Crippen LogP contribution in [0.25, 0.3) is 5.57 Å². The van der Waals surface area contributed by atoms with Crippen LogP contribution in [0.5, 0.6) is 5.75 Å². The lowest BCUT2D eigenvalue weighted by atomic mass is 9.96. The summed E-state index contributed by atoms with van der Waals surface area (Å²) in [6.07, 6.45) is -1.26. The summed E-state index contributed by atoms with van der Waals surface area (Å²) in [6.45, 7) is 5.70. The summed E-state index contributed by atoms with van der Waals surface area (Å²) in [5.41, 5.74) is 0.288. The average molecular weight is 477 g/mol. The highest BCUT2D eigenvalue weighted by molar-refractivity contribution is 5.84. The molecule has 2 aromatic rings. The molecule has 0 atom stereocenters. The van der Waals surface area contributed by atoms with Gasteiger partial charge in [-0.25, -0.2) is 9.59 Å². The fourth-order valence-electron chi connectivity index (χ4n) is 2.79. The van der Waals surface area contributed by atoms with E-state index in [0.717, 1.165) is 18.2 Å². The van der Waals surface area contributed by atoms with Gasteiger partial charge in [-0.15, -0.1) is 0 Å². The van der Waals surface area contributed by atoms with Gasteiger partial charge in [0.25, 0.3) is 0 Å². The first-order chi connectivity index (χ1) is 15.8. The van der Waals surface area contributed by atoms with Crippen molar-refractivity contribution >= 4 is 17.6 Å². The van der Waals surface area contributed by atoms with Gasteiger partial charge in [-0.05, 0) is 61.7 Å². The van der Waals surface area contributed by atoms with Gasteiger partial charge in [0.2, 0.25) is 0 Å². The predicted octanol–water partition coefficient (Wildman–Crippen LogP) is 5.68. The summed E-state index contributed by atoms with van der Waals surface area (Å²) in [7, 11) is 0. The number of carbonyl (C=O) groups excluding carboxylic acids is 1. The lowest BCUT2D eigenvalue weighted by Crippen LogP contribution is -2.34. The summed E-state index contributed by atoms with van der Waals surface area (Å²) >= 11 is 0. The minimum absolute atomic E-state index is 0.196. The molecule has 182 valence electrons. The highest BCUT2D eigenvalue weighted by atomic mass is 19.4. The number of alkyl carbamates (subject to hydrolysis) is 1. The van der Waals surface area contributed by atoms with E-state index in [2.05, 4.69) is 5.32 Å². The molecule has 2 aromatic carbocycles.